The van der Waals surface area contributed by atoms with Crippen molar-refractivity contribution in [2.24, 2.45) is 0 Å². The molecule has 0 saturated carbocycles. The lowest BCUT2D eigenvalue weighted by molar-refractivity contribution is -0.540. The van der Waals surface area contributed by atoms with Crippen LogP contribution in [0.15, 0.2) is 0 Å². The van der Waals surface area contributed by atoms with Crippen molar-refractivity contribution in [2.45, 2.75) is 24.6 Å². The van der Waals surface area contributed by atoms with Crippen molar-refractivity contribution in [1.29, 1.82) is 0 Å². The zero-order valence-corrected chi connectivity index (χ0v) is 8.05. The molecule has 0 amide bonds. The lowest BCUT2D eigenvalue weighted by Gasteiger charge is -2.09. The number of hydrogen-bond acceptors (Lipinski definition) is 2. The maximum atomic E-state index is 8.77. The van der Waals surface area contributed by atoms with Gasteiger partial charge in [-0.1, -0.05) is 11.8 Å². The normalized spacial score (nSPS) is 28.2. The van der Waals surface area contributed by atoms with Gasteiger partial charge in [-0.15, -0.1) is 6.42 Å². The summed E-state index contributed by atoms with van der Waals surface area (Å²) < 4.78 is 2.14. The lowest BCUT2D eigenvalue weighted by Crippen LogP contribution is -2.28. The van der Waals surface area contributed by atoms with Crippen molar-refractivity contribution in [3.05, 3.63) is 0 Å². The number of nitrogens with zero attached hydrogens (tertiary/aromatic N) is 1. The van der Waals surface area contributed by atoms with Crippen LogP contribution in [0, 0.1) is 12.3 Å². The molecule has 0 aliphatic carbocycles. The summed E-state index contributed by atoms with van der Waals surface area (Å²) in [5.41, 5.74) is 2.07. The first-order valence-electron chi connectivity index (χ1n) is 4.08. The third kappa shape index (κ3) is 2.02. The fourth-order valence-electron chi connectivity index (χ4n) is 1.30. The van der Waals surface area contributed by atoms with Crippen LogP contribution >= 0.6 is 11.8 Å². The lowest BCUT2D eigenvalue weighted by atomic mass is 10.2. The highest BCUT2D eigenvalue weighted by molar-refractivity contribution is 8.12. The van der Waals surface area contributed by atoms with E-state index in [0.29, 0.717) is 17.8 Å². The Labute approximate surface area is 77.7 Å². The van der Waals surface area contributed by atoms with E-state index in [1.165, 1.54) is 0 Å². The molecule has 2 nitrogen and oxygen atoms in total. The van der Waals surface area contributed by atoms with Crippen LogP contribution in [0.4, 0.5) is 0 Å². The molecule has 0 aromatic carbocycles. The van der Waals surface area contributed by atoms with Crippen LogP contribution in [0.25, 0.3) is 0 Å². The zero-order valence-electron chi connectivity index (χ0n) is 7.23. The molecule has 1 rings (SSSR count). The van der Waals surface area contributed by atoms with Crippen LogP contribution < -0.4 is 0 Å². The van der Waals surface area contributed by atoms with Gasteiger partial charge in [0, 0.05) is 6.61 Å². The first kappa shape index (κ1) is 9.63. The summed E-state index contributed by atoms with van der Waals surface area (Å²) in [6, 6.07) is 0.457. The Bertz CT molecular complexity index is 219. The van der Waals surface area contributed by atoms with E-state index < -0.39 is 0 Å². The van der Waals surface area contributed by atoms with Crippen LogP contribution in [-0.4, -0.2) is 39.7 Å². The highest BCUT2D eigenvalue weighted by Gasteiger charge is 2.31. The van der Waals surface area contributed by atoms with Gasteiger partial charge in [0.1, 0.15) is 0 Å². The molecule has 0 radical (unpaired) electrons. The number of aliphatic hydroxyl groups excluding tert-OH is 1. The van der Waals surface area contributed by atoms with Gasteiger partial charge in [-0.2, -0.15) is 0 Å². The minimum Gasteiger partial charge on any atom is -0.396 e. The molecule has 66 valence electrons. The second kappa shape index (κ2) is 4.54. The first-order valence-corrected chi connectivity index (χ1v) is 5.02. The fraction of sp³-hybridized carbons (Fsp3) is 0.667. The maximum Gasteiger partial charge on any atom is 0.204 e. The van der Waals surface area contributed by atoms with Crippen molar-refractivity contribution in [3.8, 4) is 12.3 Å². The van der Waals surface area contributed by atoms with Gasteiger partial charge in [0.2, 0.25) is 6.54 Å². The molecule has 1 heterocycles. The molecule has 0 aromatic rings. The molecule has 2 unspecified atom stereocenters. The molecule has 0 spiro atoms. The van der Waals surface area contributed by atoms with Crippen LogP contribution in [-0.2, 0) is 0 Å². The van der Waals surface area contributed by atoms with Crippen molar-refractivity contribution >= 4 is 17.3 Å². The molecule has 0 aromatic heterocycles. The van der Waals surface area contributed by atoms with Gasteiger partial charge >= 0.3 is 0 Å². The Hall–Kier alpha value is -0.460. The van der Waals surface area contributed by atoms with Gasteiger partial charge in [0.15, 0.2) is 11.6 Å². The summed E-state index contributed by atoms with van der Waals surface area (Å²) >= 11 is 1.77. The van der Waals surface area contributed by atoms with Gasteiger partial charge in [-0.3, -0.25) is 0 Å². The van der Waals surface area contributed by atoms with Crippen LogP contribution in [0.3, 0.4) is 0 Å². The minimum atomic E-state index is 0.264. The molecule has 1 aliphatic heterocycles. The molecular weight excluding hydrogens is 170 g/mol. The standard InChI is InChI=1S/C9H14NOS/c1-3-5-10-7-12-9(4-6-11)8(10)2/h1,7-9,11H,4-6H2,2H3/q+1. The van der Waals surface area contributed by atoms with Crippen molar-refractivity contribution in [3.63, 3.8) is 0 Å². The number of thioether (sulfide) groups is 1. The van der Waals surface area contributed by atoms with E-state index in [4.69, 9.17) is 11.5 Å². The van der Waals surface area contributed by atoms with E-state index in [1.54, 1.807) is 11.8 Å². The SMILES string of the molecule is C#CC[N+]1=CSC(CCO)C1C. The van der Waals surface area contributed by atoms with Crippen molar-refractivity contribution < 1.29 is 9.68 Å². The van der Waals surface area contributed by atoms with E-state index in [9.17, 15) is 0 Å². The van der Waals surface area contributed by atoms with E-state index in [2.05, 4.69) is 23.0 Å². The Morgan fingerprint density at radius 1 is 1.75 bits per heavy atom. The van der Waals surface area contributed by atoms with Crippen LogP contribution in [0.5, 0.6) is 0 Å². The smallest absolute Gasteiger partial charge is 0.204 e. The predicted octanol–water partition coefficient (Wildman–Crippen LogP) is 0.547. The summed E-state index contributed by atoms with van der Waals surface area (Å²) in [6.07, 6.45) is 6.07. The monoisotopic (exact) mass is 184 g/mol. The average molecular weight is 184 g/mol. The van der Waals surface area contributed by atoms with Gasteiger partial charge in [0.25, 0.3) is 0 Å². The molecule has 12 heavy (non-hydrogen) atoms. The second-order valence-electron chi connectivity index (χ2n) is 2.91. The maximum absolute atomic E-state index is 8.77. The molecular formula is C9H14NOS+. The quantitative estimate of drug-likeness (QED) is 0.511. The molecule has 0 bridgehead atoms. The zero-order chi connectivity index (χ0) is 8.97. The minimum absolute atomic E-state index is 0.264. The number of terminal acetylenes is 1. The summed E-state index contributed by atoms with van der Waals surface area (Å²) in [5, 5.41) is 9.28. The third-order valence-corrected chi connectivity index (χ3v) is 3.49. The summed E-state index contributed by atoms with van der Waals surface area (Å²) in [4.78, 5) is 0. The molecule has 3 heteroatoms. The largest absolute Gasteiger partial charge is 0.396 e. The highest BCUT2D eigenvalue weighted by Crippen LogP contribution is 2.23. The molecule has 0 saturated heterocycles. The average Bonchev–Trinajstić information content (AvgIpc) is 2.38. The number of hydrogen-bond donors (Lipinski definition) is 1. The van der Waals surface area contributed by atoms with Crippen LogP contribution in [0.2, 0.25) is 0 Å². The Balaban J connectivity index is 2.46. The van der Waals surface area contributed by atoms with E-state index in [1.807, 2.05) is 0 Å². The summed E-state index contributed by atoms with van der Waals surface area (Å²) in [6.45, 7) is 3.09. The van der Waals surface area contributed by atoms with Gasteiger partial charge < -0.3 is 5.11 Å². The number of aliphatic hydroxyl groups is 1. The summed E-state index contributed by atoms with van der Waals surface area (Å²) in [5.74, 6) is 2.62. The fourth-order valence-corrected chi connectivity index (χ4v) is 2.51. The number of rotatable bonds is 3. The van der Waals surface area contributed by atoms with Crippen molar-refractivity contribution in [2.75, 3.05) is 13.2 Å². The van der Waals surface area contributed by atoms with E-state index >= 15 is 0 Å². The second-order valence-corrected chi connectivity index (χ2v) is 4.00. The summed E-state index contributed by atoms with van der Waals surface area (Å²) in [7, 11) is 0. The highest BCUT2D eigenvalue weighted by atomic mass is 32.2. The Kier molecular flexibility index (Phi) is 3.64. The predicted molar refractivity (Wildman–Crippen MR) is 52.6 cm³/mol. The van der Waals surface area contributed by atoms with Crippen molar-refractivity contribution in [1.82, 2.24) is 0 Å². The van der Waals surface area contributed by atoms with Crippen LogP contribution in [0.1, 0.15) is 13.3 Å². The topological polar surface area (TPSA) is 23.2 Å². The first-order chi connectivity index (χ1) is 5.79. The third-order valence-electron chi connectivity index (χ3n) is 2.12. The van der Waals surface area contributed by atoms with Gasteiger partial charge in [-0.05, 0) is 19.3 Å². The van der Waals surface area contributed by atoms with E-state index in [0.717, 1.165) is 6.42 Å². The van der Waals surface area contributed by atoms with E-state index in [-0.39, 0.29) is 6.61 Å². The van der Waals surface area contributed by atoms with Gasteiger partial charge in [0.05, 0.1) is 5.25 Å². The molecule has 1 N–H and O–H groups in total. The van der Waals surface area contributed by atoms with Gasteiger partial charge in [-0.25, -0.2) is 4.58 Å². The Morgan fingerprint density at radius 2 is 2.50 bits per heavy atom. The Morgan fingerprint density at radius 3 is 3.08 bits per heavy atom. The molecule has 2 atom stereocenters. The molecule has 1 aliphatic rings. The molecule has 0 fully saturated rings.